The van der Waals surface area contributed by atoms with Crippen molar-refractivity contribution in [1.82, 2.24) is 15.1 Å². The number of likely N-dealkylation sites (tertiary alicyclic amines) is 1. The predicted octanol–water partition coefficient (Wildman–Crippen LogP) is 3.68. The lowest BCUT2D eigenvalue weighted by Crippen LogP contribution is -2.42. The summed E-state index contributed by atoms with van der Waals surface area (Å²) in [5, 5.41) is 8.72. The number of aromatic amines is 1. The Labute approximate surface area is 130 Å². The molecule has 5 nitrogen and oxygen atoms in total. The standard InChI is InChI=1S/C17H23N3O2/c1-17(2,3)22-16(21)20-10-6-7-12(11-20)15-13-8-4-5-9-14(13)18-19-15/h4-5,8-9,12H,6-7,10-11H2,1-3H3,(H,18,19). The third kappa shape index (κ3) is 3.08. The number of aromatic nitrogens is 2. The molecule has 0 saturated carbocycles. The summed E-state index contributed by atoms with van der Waals surface area (Å²) in [6, 6.07) is 8.13. The average molecular weight is 301 g/mol. The van der Waals surface area contributed by atoms with Crippen LogP contribution in [0.2, 0.25) is 0 Å². The summed E-state index contributed by atoms with van der Waals surface area (Å²) >= 11 is 0. The summed E-state index contributed by atoms with van der Waals surface area (Å²) in [4.78, 5) is 14.1. The first-order valence-electron chi connectivity index (χ1n) is 7.85. The number of amides is 1. The predicted molar refractivity (Wildman–Crippen MR) is 85.9 cm³/mol. The van der Waals surface area contributed by atoms with Crippen LogP contribution in [0, 0.1) is 0 Å². The van der Waals surface area contributed by atoms with Gasteiger partial charge in [-0.2, -0.15) is 5.10 Å². The summed E-state index contributed by atoms with van der Waals surface area (Å²) in [5.74, 6) is 0.261. The van der Waals surface area contributed by atoms with Crippen LogP contribution in [0.4, 0.5) is 4.79 Å². The molecule has 2 aromatic rings. The summed E-state index contributed by atoms with van der Waals surface area (Å²) in [5.41, 5.74) is 1.65. The fourth-order valence-electron chi connectivity index (χ4n) is 2.99. The zero-order valence-corrected chi connectivity index (χ0v) is 13.4. The van der Waals surface area contributed by atoms with E-state index in [-0.39, 0.29) is 12.0 Å². The number of piperidine rings is 1. The molecule has 1 saturated heterocycles. The Balaban J connectivity index is 1.77. The van der Waals surface area contributed by atoms with Crippen LogP contribution >= 0.6 is 0 Å². The first kappa shape index (κ1) is 14.9. The molecule has 1 aliphatic rings. The molecule has 5 heteroatoms. The van der Waals surface area contributed by atoms with E-state index in [1.807, 2.05) is 43.9 Å². The van der Waals surface area contributed by atoms with E-state index in [2.05, 4.69) is 16.3 Å². The van der Waals surface area contributed by atoms with Gasteiger partial charge in [0.25, 0.3) is 0 Å². The molecule has 22 heavy (non-hydrogen) atoms. The van der Waals surface area contributed by atoms with Crippen LogP contribution in [-0.2, 0) is 4.74 Å². The molecule has 1 aromatic heterocycles. The van der Waals surface area contributed by atoms with Gasteiger partial charge in [0.05, 0.1) is 11.2 Å². The average Bonchev–Trinajstić information content (AvgIpc) is 2.89. The number of hydrogen-bond donors (Lipinski definition) is 1. The van der Waals surface area contributed by atoms with E-state index >= 15 is 0 Å². The van der Waals surface area contributed by atoms with Crippen molar-refractivity contribution in [3.63, 3.8) is 0 Å². The van der Waals surface area contributed by atoms with E-state index in [1.165, 1.54) is 0 Å². The van der Waals surface area contributed by atoms with Crippen LogP contribution in [0.3, 0.4) is 0 Å². The Morgan fingerprint density at radius 3 is 2.91 bits per heavy atom. The topological polar surface area (TPSA) is 58.2 Å². The van der Waals surface area contributed by atoms with E-state index in [0.717, 1.165) is 36.0 Å². The monoisotopic (exact) mass is 301 g/mol. The number of carbonyl (C=O) groups excluding carboxylic acids is 1. The molecule has 1 N–H and O–H groups in total. The molecule has 2 heterocycles. The van der Waals surface area contributed by atoms with Gasteiger partial charge in [0.15, 0.2) is 0 Å². The lowest BCUT2D eigenvalue weighted by molar-refractivity contribution is 0.0197. The first-order chi connectivity index (χ1) is 10.4. The number of fused-ring (bicyclic) bond motifs is 1. The Morgan fingerprint density at radius 1 is 1.36 bits per heavy atom. The highest BCUT2D eigenvalue weighted by molar-refractivity contribution is 5.81. The van der Waals surface area contributed by atoms with E-state index in [9.17, 15) is 4.79 Å². The van der Waals surface area contributed by atoms with Crippen molar-refractivity contribution < 1.29 is 9.53 Å². The van der Waals surface area contributed by atoms with Crippen molar-refractivity contribution in [2.75, 3.05) is 13.1 Å². The lowest BCUT2D eigenvalue weighted by Gasteiger charge is -2.33. The quantitative estimate of drug-likeness (QED) is 0.874. The van der Waals surface area contributed by atoms with Gasteiger partial charge >= 0.3 is 6.09 Å². The summed E-state index contributed by atoms with van der Waals surface area (Å²) in [6.07, 6.45) is 1.80. The second-order valence-electron chi connectivity index (χ2n) is 6.92. The smallest absolute Gasteiger partial charge is 0.410 e. The number of nitrogens with zero attached hydrogens (tertiary/aromatic N) is 2. The fraction of sp³-hybridized carbons (Fsp3) is 0.529. The maximum atomic E-state index is 12.3. The Kier molecular flexibility index (Phi) is 3.81. The van der Waals surface area contributed by atoms with Crippen LogP contribution in [0.5, 0.6) is 0 Å². The van der Waals surface area contributed by atoms with Crippen LogP contribution in [0.15, 0.2) is 24.3 Å². The molecule has 1 aromatic carbocycles. The minimum Gasteiger partial charge on any atom is -0.444 e. The largest absolute Gasteiger partial charge is 0.444 e. The van der Waals surface area contributed by atoms with Gasteiger partial charge < -0.3 is 9.64 Å². The van der Waals surface area contributed by atoms with E-state index in [4.69, 9.17) is 4.74 Å². The molecular formula is C17H23N3O2. The molecule has 0 radical (unpaired) electrons. The molecule has 0 aliphatic carbocycles. The van der Waals surface area contributed by atoms with E-state index < -0.39 is 5.60 Å². The molecule has 1 fully saturated rings. The minimum atomic E-state index is -0.455. The summed E-state index contributed by atoms with van der Waals surface area (Å²) < 4.78 is 5.49. The molecule has 0 bridgehead atoms. The zero-order chi connectivity index (χ0) is 15.7. The maximum Gasteiger partial charge on any atom is 0.410 e. The molecule has 3 rings (SSSR count). The van der Waals surface area contributed by atoms with Gasteiger partial charge in [-0.3, -0.25) is 5.10 Å². The highest BCUT2D eigenvalue weighted by Gasteiger charge is 2.30. The summed E-state index contributed by atoms with van der Waals surface area (Å²) in [6.45, 7) is 7.12. The normalized spacial score (nSPS) is 19.4. The van der Waals surface area contributed by atoms with Gasteiger partial charge in [0.1, 0.15) is 5.60 Å². The highest BCUT2D eigenvalue weighted by atomic mass is 16.6. The Hall–Kier alpha value is -2.04. The number of carbonyl (C=O) groups is 1. The second-order valence-corrected chi connectivity index (χ2v) is 6.92. The van der Waals surface area contributed by atoms with Gasteiger partial charge in [-0.25, -0.2) is 4.79 Å². The number of rotatable bonds is 1. The highest BCUT2D eigenvalue weighted by Crippen LogP contribution is 2.31. The van der Waals surface area contributed by atoms with E-state index in [1.54, 1.807) is 0 Å². The number of benzene rings is 1. The number of para-hydroxylation sites is 1. The van der Waals surface area contributed by atoms with Gasteiger partial charge in [-0.05, 0) is 39.7 Å². The van der Waals surface area contributed by atoms with Crippen molar-refractivity contribution >= 4 is 17.0 Å². The van der Waals surface area contributed by atoms with Crippen molar-refractivity contribution in [2.45, 2.75) is 45.1 Å². The molecular weight excluding hydrogens is 278 g/mol. The first-order valence-corrected chi connectivity index (χ1v) is 7.85. The lowest BCUT2D eigenvalue weighted by atomic mass is 9.93. The SMILES string of the molecule is CC(C)(C)OC(=O)N1CCCC(c2n[nH]c3ccccc23)C1. The number of hydrogen-bond acceptors (Lipinski definition) is 3. The molecule has 118 valence electrons. The molecule has 0 spiro atoms. The third-order valence-corrected chi connectivity index (χ3v) is 3.96. The van der Waals surface area contributed by atoms with Crippen LogP contribution in [0.1, 0.15) is 45.2 Å². The Bertz CT molecular complexity index is 672. The van der Waals surface area contributed by atoms with Crippen LogP contribution in [-0.4, -0.2) is 39.9 Å². The second kappa shape index (κ2) is 5.63. The fourth-order valence-corrected chi connectivity index (χ4v) is 2.99. The van der Waals surface area contributed by atoms with Crippen molar-refractivity contribution in [2.24, 2.45) is 0 Å². The van der Waals surface area contributed by atoms with Crippen molar-refractivity contribution in [3.05, 3.63) is 30.0 Å². The third-order valence-electron chi connectivity index (χ3n) is 3.96. The maximum absolute atomic E-state index is 12.3. The van der Waals surface area contributed by atoms with Crippen molar-refractivity contribution in [3.8, 4) is 0 Å². The molecule has 1 unspecified atom stereocenters. The number of nitrogens with one attached hydrogen (secondary N) is 1. The van der Waals surface area contributed by atoms with Crippen molar-refractivity contribution in [1.29, 1.82) is 0 Å². The van der Waals surface area contributed by atoms with Crippen LogP contribution < -0.4 is 0 Å². The molecule has 1 amide bonds. The summed E-state index contributed by atoms with van der Waals surface area (Å²) in [7, 11) is 0. The van der Waals surface area contributed by atoms with E-state index in [0.29, 0.717) is 6.54 Å². The Morgan fingerprint density at radius 2 is 2.14 bits per heavy atom. The minimum absolute atomic E-state index is 0.225. The molecule has 1 aliphatic heterocycles. The zero-order valence-electron chi connectivity index (χ0n) is 13.4. The molecule has 1 atom stereocenters. The van der Waals surface area contributed by atoms with Gasteiger partial charge in [-0.1, -0.05) is 18.2 Å². The number of ether oxygens (including phenoxy) is 1. The number of H-pyrrole nitrogens is 1. The van der Waals surface area contributed by atoms with Gasteiger partial charge in [-0.15, -0.1) is 0 Å². The van der Waals surface area contributed by atoms with Crippen LogP contribution in [0.25, 0.3) is 10.9 Å². The van der Waals surface area contributed by atoms with Gasteiger partial charge in [0.2, 0.25) is 0 Å². The van der Waals surface area contributed by atoms with Gasteiger partial charge in [0, 0.05) is 24.4 Å².